The average molecular weight is 413 g/mol. The molecule has 1 saturated heterocycles. The number of benzene rings is 1. The molecule has 1 aliphatic rings. The molecule has 1 aliphatic heterocycles. The van der Waals surface area contributed by atoms with Gasteiger partial charge in [0.1, 0.15) is 12.1 Å². The standard InChI is InChI=1S/C20H21ClN6O2/c1-26-6-8-27(9-7-26)18-5-3-14(11-23-18)13-2-4-15(21)16(10-13)24-19(28)17-12-29-20(22)25-17/h2-5,10-12H,6-9H2,1H3,(H2,22,25)(H,24,28). The van der Waals surface area contributed by atoms with E-state index in [0.29, 0.717) is 10.7 Å². The van der Waals surface area contributed by atoms with Gasteiger partial charge < -0.3 is 25.3 Å². The maximum absolute atomic E-state index is 12.3. The topological polar surface area (TPSA) is 101 Å². The van der Waals surface area contributed by atoms with Crippen LogP contribution >= 0.6 is 11.6 Å². The molecule has 0 saturated carbocycles. The van der Waals surface area contributed by atoms with Gasteiger partial charge in [0, 0.05) is 37.9 Å². The number of piperazine rings is 1. The van der Waals surface area contributed by atoms with Crippen molar-refractivity contribution in [2.45, 2.75) is 0 Å². The lowest BCUT2D eigenvalue weighted by atomic mass is 10.1. The summed E-state index contributed by atoms with van der Waals surface area (Å²) in [5.74, 6) is 0.515. The number of rotatable bonds is 4. The number of carbonyl (C=O) groups excluding carboxylic acids is 1. The number of halogens is 1. The van der Waals surface area contributed by atoms with Crippen molar-refractivity contribution < 1.29 is 9.21 Å². The SMILES string of the molecule is CN1CCN(c2ccc(-c3ccc(Cl)c(NC(=O)c4coc(N)n4)c3)cn2)CC1. The molecule has 4 rings (SSSR count). The van der Waals surface area contributed by atoms with Crippen molar-refractivity contribution in [2.24, 2.45) is 0 Å². The number of nitrogens with one attached hydrogen (secondary N) is 1. The number of nitrogens with two attached hydrogens (primary N) is 1. The molecular weight excluding hydrogens is 392 g/mol. The third kappa shape index (κ3) is 4.33. The highest BCUT2D eigenvalue weighted by molar-refractivity contribution is 6.34. The molecule has 3 heterocycles. The number of carbonyl (C=O) groups is 1. The molecule has 0 unspecified atom stereocenters. The van der Waals surface area contributed by atoms with Crippen LogP contribution in [0.1, 0.15) is 10.5 Å². The van der Waals surface area contributed by atoms with Gasteiger partial charge in [-0.2, -0.15) is 4.98 Å². The molecule has 0 atom stereocenters. The first-order chi connectivity index (χ1) is 14.0. The van der Waals surface area contributed by atoms with Gasteiger partial charge in [-0.15, -0.1) is 0 Å². The van der Waals surface area contributed by atoms with Gasteiger partial charge in [-0.3, -0.25) is 4.79 Å². The number of hydrogen-bond donors (Lipinski definition) is 2. The lowest BCUT2D eigenvalue weighted by Crippen LogP contribution is -2.44. The van der Waals surface area contributed by atoms with Gasteiger partial charge in [-0.25, -0.2) is 4.98 Å². The fourth-order valence-corrected chi connectivity index (χ4v) is 3.32. The van der Waals surface area contributed by atoms with Crippen LogP contribution in [-0.2, 0) is 0 Å². The van der Waals surface area contributed by atoms with Crippen LogP contribution < -0.4 is 16.0 Å². The molecule has 8 nitrogen and oxygen atoms in total. The quantitative estimate of drug-likeness (QED) is 0.679. The van der Waals surface area contributed by atoms with E-state index in [4.69, 9.17) is 21.8 Å². The molecule has 0 spiro atoms. The first-order valence-corrected chi connectivity index (χ1v) is 9.59. The molecule has 2 aromatic heterocycles. The molecule has 3 N–H and O–H groups in total. The Kier molecular flexibility index (Phi) is 5.37. The predicted octanol–water partition coefficient (Wildman–Crippen LogP) is 2.98. The fraction of sp³-hybridized carbons (Fsp3) is 0.250. The van der Waals surface area contributed by atoms with Crippen molar-refractivity contribution in [1.29, 1.82) is 0 Å². The van der Waals surface area contributed by atoms with E-state index in [1.807, 2.05) is 24.4 Å². The Hall–Kier alpha value is -3.10. The molecule has 150 valence electrons. The van der Waals surface area contributed by atoms with Gasteiger partial charge in [-0.1, -0.05) is 17.7 Å². The van der Waals surface area contributed by atoms with Gasteiger partial charge in [0.15, 0.2) is 5.69 Å². The van der Waals surface area contributed by atoms with Crippen LogP contribution in [0.5, 0.6) is 0 Å². The van der Waals surface area contributed by atoms with Crippen molar-refractivity contribution in [3.8, 4) is 11.1 Å². The van der Waals surface area contributed by atoms with Crippen LogP contribution in [0.2, 0.25) is 5.02 Å². The summed E-state index contributed by atoms with van der Waals surface area (Å²) in [5.41, 5.74) is 7.79. The molecule has 0 radical (unpaired) electrons. The smallest absolute Gasteiger partial charge is 0.292 e. The first-order valence-electron chi connectivity index (χ1n) is 9.21. The molecule has 3 aromatic rings. The summed E-state index contributed by atoms with van der Waals surface area (Å²) in [6.07, 6.45) is 3.03. The Labute approximate surface area is 173 Å². The number of amides is 1. The molecule has 1 aromatic carbocycles. The second kappa shape index (κ2) is 8.10. The zero-order valence-corrected chi connectivity index (χ0v) is 16.7. The number of nitrogens with zero attached hydrogens (tertiary/aromatic N) is 4. The number of aromatic nitrogens is 2. The van der Waals surface area contributed by atoms with E-state index in [1.165, 1.54) is 6.26 Å². The number of anilines is 3. The number of oxazole rings is 1. The summed E-state index contributed by atoms with van der Waals surface area (Å²) < 4.78 is 4.87. The molecular formula is C20H21ClN6O2. The molecule has 9 heteroatoms. The predicted molar refractivity (Wildman–Crippen MR) is 113 cm³/mol. The highest BCUT2D eigenvalue weighted by Crippen LogP contribution is 2.29. The van der Waals surface area contributed by atoms with E-state index >= 15 is 0 Å². The van der Waals surface area contributed by atoms with Gasteiger partial charge in [-0.05, 0) is 36.9 Å². The molecule has 0 bridgehead atoms. The number of likely N-dealkylation sites (N-methyl/N-ethyl adjacent to an activating group) is 1. The van der Waals surface area contributed by atoms with Gasteiger partial charge in [0.2, 0.25) is 0 Å². The highest BCUT2D eigenvalue weighted by atomic mass is 35.5. The average Bonchev–Trinajstić information content (AvgIpc) is 3.17. The summed E-state index contributed by atoms with van der Waals surface area (Å²) in [7, 11) is 2.13. The zero-order chi connectivity index (χ0) is 20.4. The molecule has 1 amide bonds. The van der Waals surface area contributed by atoms with Crippen molar-refractivity contribution in [1.82, 2.24) is 14.9 Å². The second-order valence-electron chi connectivity index (χ2n) is 6.92. The van der Waals surface area contributed by atoms with Crippen LogP contribution in [0.4, 0.5) is 17.5 Å². The third-order valence-electron chi connectivity index (χ3n) is 4.88. The van der Waals surface area contributed by atoms with Crippen molar-refractivity contribution in [3.63, 3.8) is 0 Å². The summed E-state index contributed by atoms with van der Waals surface area (Å²) in [4.78, 5) is 25.3. The summed E-state index contributed by atoms with van der Waals surface area (Å²) in [6.45, 7) is 3.99. The summed E-state index contributed by atoms with van der Waals surface area (Å²) in [6, 6.07) is 9.40. The summed E-state index contributed by atoms with van der Waals surface area (Å²) in [5, 5.41) is 3.15. The molecule has 1 fully saturated rings. The van der Waals surface area contributed by atoms with Crippen LogP contribution in [0.15, 0.2) is 47.2 Å². The highest BCUT2D eigenvalue weighted by Gasteiger charge is 2.16. The molecule has 0 aliphatic carbocycles. The van der Waals surface area contributed by atoms with Crippen LogP contribution in [-0.4, -0.2) is 54.0 Å². The van der Waals surface area contributed by atoms with Gasteiger partial charge >= 0.3 is 0 Å². The Morgan fingerprint density at radius 1 is 1.17 bits per heavy atom. The van der Waals surface area contributed by atoms with E-state index in [1.54, 1.807) is 12.1 Å². The van der Waals surface area contributed by atoms with E-state index in [9.17, 15) is 4.79 Å². The first kappa shape index (κ1) is 19.2. The minimum absolute atomic E-state index is 0.0680. The summed E-state index contributed by atoms with van der Waals surface area (Å²) >= 11 is 6.25. The minimum atomic E-state index is -0.451. The Morgan fingerprint density at radius 3 is 2.59 bits per heavy atom. The maximum Gasteiger partial charge on any atom is 0.292 e. The van der Waals surface area contributed by atoms with E-state index in [2.05, 4.69) is 32.1 Å². The maximum atomic E-state index is 12.3. The van der Waals surface area contributed by atoms with E-state index < -0.39 is 5.91 Å². The fourth-order valence-electron chi connectivity index (χ4n) is 3.16. The number of nitrogen functional groups attached to an aromatic ring is 1. The van der Waals surface area contributed by atoms with Gasteiger partial charge in [0.25, 0.3) is 11.9 Å². The number of pyridine rings is 1. The molecule has 29 heavy (non-hydrogen) atoms. The number of hydrogen-bond acceptors (Lipinski definition) is 7. The van der Waals surface area contributed by atoms with Crippen molar-refractivity contribution in [3.05, 3.63) is 53.5 Å². The van der Waals surface area contributed by atoms with Gasteiger partial charge in [0.05, 0.1) is 10.7 Å². The minimum Gasteiger partial charge on any atom is -0.431 e. The monoisotopic (exact) mass is 412 g/mol. The van der Waals surface area contributed by atoms with Crippen molar-refractivity contribution >= 4 is 35.0 Å². The third-order valence-corrected chi connectivity index (χ3v) is 5.21. The Balaban J connectivity index is 1.51. The van der Waals surface area contributed by atoms with Crippen molar-refractivity contribution in [2.75, 3.05) is 49.2 Å². The zero-order valence-electron chi connectivity index (χ0n) is 15.9. The lowest BCUT2D eigenvalue weighted by molar-refractivity contribution is 0.102. The Bertz CT molecular complexity index is 1010. The van der Waals surface area contributed by atoms with Crippen LogP contribution in [0.3, 0.4) is 0 Å². The normalized spacial score (nSPS) is 14.8. The van der Waals surface area contributed by atoms with E-state index in [-0.39, 0.29) is 11.7 Å². The van der Waals surface area contributed by atoms with Crippen LogP contribution in [0.25, 0.3) is 11.1 Å². The lowest BCUT2D eigenvalue weighted by Gasteiger charge is -2.33. The Morgan fingerprint density at radius 2 is 1.93 bits per heavy atom. The second-order valence-corrected chi connectivity index (χ2v) is 7.32. The largest absolute Gasteiger partial charge is 0.431 e. The van der Waals surface area contributed by atoms with E-state index in [0.717, 1.165) is 43.1 Å². The van der Waals surface area contributed by atoms with Crippen LogP contribution in [0, 0.1) is 0 Å².